The van der Waals surface area contributed by atoms with Crippen molar-refractivity contribution in [1.29, 1.82) is 0 Å². The number of nitrogens with zero attached hydrogens (tertiary/aromatic N) is 2. The maximum absolute atomic E-state index is 5.25. The summed E-state index contributed by atoms with van der Waals surface area (Å²) in [6.07, 6.45) is 1.99. The fourth-order valence-electron chi connectivity index (χ4n) is 2.66. The van der Waals surface area contributed by atoms with E-state index in [2.05, 4.69) is 44.9 Å². The highest BCUT2D eigenvalue weighted by Gasteiger charge is 2.04. The normalized spacial score (nSPS) is 11.1. The largest absolute Gasteiger partial charge is 0.497 e. The summed E-state index contributed by atoms with van der Waals surface area (Å²) < 4.78 is 6.51. The lowest BCUT2D eigenvalue weighted by Gasteiger charge is -2.12. The Morgan fingerprint density at radius 1 is 1.15 bits per heavy atom. The summed E-state index contributed by atoms with van der Waals surface area (Å²) in [6.45, 7) is 1.56. The number of aliphatic imine (C=N–C) groups is 1. The Morgan fingerprint density at radius 3 is 2.78 bits per heavy atom. The molecule has 0 bridgehead atoms. The maximum atomic E-state index is 5.25. The van der Waals surface area contributed by atoms with Crippen LogP contribution in [-0.2, 0) is 13.0 Å². The van der Waals surface area contributed by atoms with Gasteiger partial charge in [-0.15, -0.1) is 35.3 Å². The summed E-state index contributed by atoms with van der Waals surface area (Å²) in [7, 11) is 3.47. The average Bonchev–Trinajstić information content (AvgIpc) is 3.10. The predicted octanol–water partition coefficient (Wildman–Crippen LogP) is 4.22. The Hall–Kier alpha value is -1.87. The van der Waals surface area contributed by atoms with Crippen LogP contribution >= 0.6 is 35.3 Å². The summed E-state index contributed by atoms with van der Waals surface area (Å²) in [6, 6.07) is 16.3. The van der Waals surface area contributed by atoms with Crippen molar-refractivity contribution in [2.24, 2.45) is 4.99 Å². The number of aryl methyl sites for hydroxylation is 1. The first-order valence-corrected chi connectivity index (χ1v) is 9.52. The van der Waals surface area contributed by atoms with Crippen molar-refractivity contribution < 1.29 is 4.74 Å². The van der Waals surface area contributed by atoms with Crippen molar-refractivity contribution in [1.82, 2.24) is 15.6 Å². The van der Waals surface area contributed by atoms with Crippen molar-refractivity contribution in [3.63, 3.8) is 0 Å². The monoisotopic (exact) mass is 496 g/mol. The molecule has 0 amide bonds. The van der Waals surface area contributed by atoms with Gasteiger partial charge in [-0.2, -0.15) is 0 Å². The van der Waals surface area contributed by atoms with Gasteiger partial charge in [0.15, 0.2) is 5.96 Å². The van der Waals surface area contributed by atoms with Crippen LogP contribution in [0.3, 0.4) is 0 Å². The third kappa shape index (κ3) is 6.35. The van der Waals surface area contributed by atoms with Crippen LogP contribution in [0.25, 0.3) is 10.2 Å². The number of fused-ring (bicyclic) bond motifs is 1. The number of aromatic nitrogens is 1. The number of ether oxygens (including phenoxy) is 1. The van der Waals surface area contributed by atoms with E-state index in [1.807, 2.05) is 24.3 Å². The summed E-state index contributed by atoms with van der Waals surface area (Å²) in [4.78, 5) is 8.95. The molecule has 0 aliphatic heterocycles. The summed E-state index contributed by atoms with van der Waals surface area (Å²) in [5.41, 5.74) is 2.25. The Morgan fingerprint density at radius 2 is 2.00 bits per heavy atom. The third-order valence-corrected chi connectivity index (χ3v) is 5.11. The molecule has 0 aliphatic carbocycles. The molecular weight excluding hydrogens is 471 g/mol. The molecule has 0 spiro atoms. The van der Waals surface area contributed by atoms with Crippen LogP contribution in [0.15, 0.2) is 53.5 Å². The molecule has 3 rings (SSSR count). The van der Waals surface area contributed by atoms with Crippen LogP contribution in [0, 0.1) is 0 Å². The van der Waals surface area contributed by atoms with Gasteiger partial charge in [-0.3, -0.25) is 4.99 Å². The first kappa shape index (κ1) is 21.4. The minimum absolute atomic E-state index is 0. The SMILES string of the molecule is CN=C(NCCCc1nc2ccccc2s1)NCc1cccc(OC)c1.I. The fraction of sp³-hybridized carbons (Fsp3) is 0.300. The molecule has 2 N–H and O–H groups in total. The van der Waals surface area contributed by atoms with Crippen LogP contribution in [0.1, 0.15) is 17.0 Å². The van der Waals surface area contributed by atoms with E-state index in [1.165, 1.54) is 9.71 Å². The van der Waals surface area contributed by atoms with Gasteiger partial charge in [-0.1, -0.05) is 24.3 Å². The van der Waals surface area contributed by atoms with E-state index in [1.54, 1.807) is 25.5 Å². The first-order chi connectivity index (χ1) is 12.8. The Bertz CT molecular complexity index is 848. The summed E-state index contributed by atoms with van der Waals surface area (Å²) in [5.74, 6) is 1.67. The lowest BCUT2D eigenvalue weighted by Crippen LogP contribution is -2.37. The van der Waals surface area contributed by atoms with E-state index < -0.39 is 0 Å². The molecule has 0 saturated heterocycles. The molecule has 144 valence electrons. The number of para-hydroxylation sites is 1. The number of rotatable bonds is 7. The molecule has 0 aliphatic rings. The minimum atomic E-state index is 0. The Labute approximate surface area is 181 Å². The molecular formula is C20H25IN4OS. The first-order valence-electron chi connectivity index (χ1n) is 8.70. The van der Waals surface area contributed by atoms with E-state index in [-0.39, 0.29) is 24.0 Å². The van der Waals surface area contributed by atoms with Crippen LogP contribution in [0.4, 0.5) is 0 Å². The molecule has 27 heavy (non-hydrogen) atoms. The number of hydrogen-bond donors (Lipinski definition) is 2. The van der Waals surface area contributed by atoms with E-state index in [0.29, 0.717) is 6.54 Å². The number of benzene rings is 2. The van der Waals surface area contributed by atoms with Crippen LogP contribution in [0.5, 0.6) is 5.75 Å². The van der Waals surface area contributed by atoms with Crippen molar-refractivity contribution >= 4 is 51.5 Å². The van der Waals surface area contributed by atoms with E-state index in [0.717, 1.165) is 42.2 Å². The molecule has 1 heterocycles. The zero-order chi connectivity index (χ0) is 18.2. The van der Waals surface area contributed by atoms with Gasteiger partial charge in [0.2, 0.25) is 0 Å². The summed E-state index contributed by atoms with van der Waals surface area (Å²) in [5, 5.41) is 7.87. The Balaban J connectivity index is 0.00000261. The van der Waals surface area contributed by atoms with Crippen LogP contribution in [0.2, 0.25) is 0 Å². The van der Waals surface area contributed by atoms with Gasteiger partial charge in [0, 0.05) is 26.6 Å². The quantitative estimate of drug-likeness (QED) is 0.223. The zero-order valence-corrected chi connectivity index (χ0v) is 18.7. The van der Waals surface area contributed by atoms with E-state index >= 15 is 0 Å². The number of halogens is 1. The molecule has 5 nitrogen and oxygen atoms in total. The second-order valence-corrected chi connectivity index (χ2v) is 7.00. The number of methoxy groups -OCH3 is 1. The molecule has 0 fully saturated rings. The molecule has 0 atom stereocenters. The number of nitrogens with one attached hydrogen (secondary N) is 2. The van der Waals surface area contributed by atoms with Gasteiger partial charge < -0.3 is 15.4 Å². The molecule has 0 saturated carbocycles. The fourth-order valence-corrected chi connectivity index (χ4v) is 3.67. The van der Waals surface area contributed by atoms with E-state index in [4.69, 9.17) is 4.74 Å². The lowest BCUT2D eigenvalue weighted by molar-refractivity contribution is 0.414. The number of guanidine groups is 1. The highest BCUT2D eigenvalue weighted by atomic mass is 127. The zero-order valence-electron chi connectivity index (χ0n) is 15.6. The average molecular weight is 496 g/mol. The number of thiazole rings is 1. The predicted molar refractivity (Wildman–Crippen MR) is 125 cm³/mol. The van der Waals surface area contributed by atoms with E-state index in [9.17, 15) is 0 Å². The lowest BCUT2D eigenvalue weighted by atomic mass is 10.2. The molecule has 1 aromatic heterocycles. The minimum Gasteiger partial charge on any atom is -0.497 e. The topological polar surface area (TPSA) is 58.5 Å². The second kappa shape index (κ2) is 11.1. The van der Waals surface area contributed by atoms with Gasteiger partial charge in [-0.25, -0.2) is 4.98 Å². The summed E-state index contributed by atoms with van der Waals surface area (Å²) >= 11 is 1.78. The van der Waals surface area contributed by atoms with Gasteiger partial charge in [0.25, 0.3) is 0 Å². The van der Waals surface area contributed by atoms with Crippen LogP contribution < -0.4 is 15.4 Å². The van der Waals surface area contributed by atoms with Crippen molar-refractivity contribution in [2.45, 2.75) is 19.4 Å². The van der Waals surface area contributed by atoms with Crippen LogP contribution in [-0.4, -0.2) is 31.6 Å². The molecule has 0 unspecified atom stereocenters. The molecule has 0 radical (unpaired) electrons. The maximum Gasteiger partial charge on any atom is 0.191 e. The Kier molecular flexibility index (Phi) is 8.80. The molecule has 7 heteroatoms. The van der Waals surface area contributed by atoms with Gasteiger partial charge in [0.05, 0.1) is 22.3 Å². The van der Waals surface area contributed by atoms with Crippen molar-refractivity contribution in [3.8, 4) is 5.75 Å². The number of hydrogen-bond acceptors (Lipinski definition) is 4. The highest BCUT2D eigenvalue weighted by molar-refractivity contribution is 14.0. The second-order valence-electron chi connectivity index (χ2n) is 5.88. The standard InChI is InChI=1S/C20H24N4OS.HI/c1-21-20(23-14-15-7-5-8-16(13-15)25-2)22-12-6-11-19-24-17-9-3-4-10-18(17)26-19;/h3-5,7-10,13H,6,11-12,14H2,1-2H3,(H2,21,22,23);1H. The van der Waals surface area contributed by atoms with Crippen molar-refractivity contribution in [3.05, 3.63) is 59.1 Å². The molecule has 2 aromatic carbocycles. The van der Waals surface area contributed by atoms with Crippen molar-refractivity contribution in [2.75, 3.05) is 20.7 Å². The van der Waals surface area contributed by atoms with Gasteiger partial charge in [0.1, 0.15) is 5.75 Å². The van der Waals surface area contributed by atoms with Gasteiger partial charge in [-0.05, 0) is 36.2 Å². The molecule has 3 aromatic rings. The third-order valence-electron chi connectivity index (χ3n) is 4.02. The van der Waals surface area contributed by atoms with Gasteiger partial charge >= 0.3 is 0 Å². The smallest absolute Gasteiger partial charge is 0.191 e. The highest BCUT2D eigenvalue weighted by Crippen LogP contribution is 2.22.